The van der Waals surface area contributed by atoms with Crippen LogP contribution in [0.1, 0.15) is 31.9 Å². The van der Waals surface area contributed by atoms with Crippen LogP contribution < -0.4 is 10.0 Å². The van der Waals surface area contributed by atoms with Gasteiger partial charge in [-0.1, -0.05) is 0 Å². The Morgan fingerprint density at radius 3 is 2.80 bits per heavy atom. The predicted molar refractivity (Wildman–Crippen MR) is 106 cm³/mol. The number of nitrogens with two attached hydrogens (primary N) is 1. The zero-order chi connectivity index (χ0) is 21.5. The summed E-state index contributed by atoms with van der Waals surface area (Å²) in [6.07, 6.45) is 1.78. The average Bonchev–Trinajstić information content (AvgIpc) is 3.12. The number of piperidine rings is 1. The third-order valence-corrected chi connectivity index (χ3v) is 6.30. The summed E-state index contributed by atoms with van der Waals surface area (Å²) in [5.41, 5.74) is 1.01. The molecular formula is C18H21F2N7O2S. The number of hydrogen-bond donors (Lipinski definition) is 1. The summed E-state index contributed by atoms with van der Waals surface area (Å²) in [5.74, 6) is 0.417. The SMILES string of the molecule is CC1C(CS(N)(=O)=O)CCCN1c1cc(-c2cnc3ccc(C(F)F)nn23)ncn1. The standard InChI is InChI=1S/C18H21F2N7O2S/c1-11-12(9-30(21,28)29)3-2-6-26(11)17-7-14(23-10-24-17)15-8-22-16-5-4-13(18(19)20)25-27(15)16/h4-5,7-8,10-12,18H,2-3,6,9H2,1H3,(H2,21,28,29). The highest BCUT2D eigenvalue weighted by Gasteiger charge is 2.31. The second-order valence-corrected chi connectivity index (χ2v) is 9.06. The van der Waals surface area contributed by atoms with Crippen LogP contribution in [0, 0.1) is 5.92 Å². The normalized spacial score (nSPS) is 20.2. The molecule has 4 rings (SSSR count). The van der Waals surface area contributed by atoms with Gasteiger partial charge in [-0.25, -0.2) is 41.8 Å². The van der Waals surface area contributed by atoms with Crippen LogP contribution in [0.4, 0.5) is 14.6 Å². The Morgan fingerprint density at radius 2 is 2.07 bits per heavy atom. The number of fused-ring (bicyclic) bond motifs is 1. The van der Waals surface area contributed by atoms with E-state index in [-0.39, 0.29) is 23.4 Å². The van der Waals surface area contributed by atoms with E-state index < -0.39 is 16.4 Å². The number of anilines is 1. The maximum absolute atomic E-state index is 13.1. The molecule has 0 amide bonds. The van der Waals surface area contributed by atoms with Gasteiger partial charge in [-0.2, -0.15) is 5.10 Å². The van der Waals surface area contributed by atoms with Crippen LogP contribution >= 0.6 is 0 Å². The second kappa shape index (κ2) is 7.84. The molecule has 2 N–H and O–H groups in total. The highest BCUT2D eigenvalue weighted by Crippen LogP contribution is 2.30. The highest BCUT2D eigenvalue weighted by molar-refractivity contribution is 7.89. The van der Waals surface area contributed by atoms with Crippen LogP contribution in [-0.2, 0) is 10.0 Å². The van der Waals surface area contributed by atoms with Gasteiger partial charge in [0.1, 0.15) is 23.5 Å². The van der Waals surface area contributed by atoms with Crippen molar-refractivity contribution in [1.29, 1.82) is 0 Å². The van der Waals surface area contributed by atoms with E-state index in [1.54, 1.807) is 6.07 Å². The first kappa shape index (κ1) is 20.5. The van der Waals surface area contributed by atoms with Crippen molar-refractivity contribution >= 4 is 21.5 Å². The van der Waals surface area contributed by atoms with Crippen molar-refractivity contribution < 1.29 is 17.2 Å². The summed E-state index contributed by atoms with van der Waals surface area (Å²) in [4.78, 5) is 14.8. The van der Waals surface area contributed by atoms with E-state index in [2.05, 4.69) is 20.1 Å². The Bertz CT molecular complexity index is 1170. The summed E-state index contributed by atoms with van der Waals surface area (Å²) in [5, 5.41) is 9.22. The van der Waals surface area contributed by atoms with Crippen molar-refractivity contribution in [2.24, 2.45) is 11.1 Å². The number of rotatable bonds is 5. The van der Waals surface area contributed by atoms with Gasteiger partial charge in [-0.05, 0) is 37.8 Å². The van der Waals surface area contributed by atoms with Crippen molar-refractivity contribution in [3.8, 4) is 11.4 Å². The molecule has 3 aromatic heterocycles. The molecule has 30 heavy (non-hydrogen) atoms. The molecule has 1 fully saturated rings. The van der Waals surface area contributed by atoms with E-state index in [4.69, 9.17) is 5.14 Å². The van der Waals surface area contributed by atoms with Crippen LogP contribution in [-0.4, -0.2) is 51.3 Å². The summed E-state index contributed by atoms with van der Waals surface area (Å²) >= 11 is 0. The molecule has 1 aliphatic heterocycles. The lowest BCUT2D eigenvalue weighted by atomic mass is 9.92. The van der Waals surface area contributed by atoms with Crippen LogP contribution in [0.5, 0.6) is 0 Å². The zero-order valence-electron chi connectivity index (χ0n) is 16.2. The molecule has 0 spiro atoms. The quantitative estimate of drug-likeness (QED) is 0.648. The number of halogens is 2. The number of sulfonamides is 1. The Hall–Kier alpha value is -2.73. The molecule has 0 bridgehead atoms. The lowest BCUT2D eigenvalue weighted by Gasteiger charge is -2.39. The van der Waals surface area contributed by atoms with E-state index in [0.29, 0.717) is 29.4 Å². The fraction of sp³-hybridized carbons (Fsp3) is 0.444. The summed E-state index contributed by atoms with van der Waals surface area (Å²) in [7, 11) is -3.58. The third-order valence-electron chi connectivity index (χ3n) is 5.41. The first-order valence-corrected chi connectivity index (χ1v) is 11.2. The van der Waals surface area contributed by atoms with Crippen molar-refractivity contribution in [2.45, 2.75) is 32.2 Å². The second-order valence-electron chi connectivity index (χ2n) is 7.40. The molecular weight excluding hydrogens is 416 g/mol. The predicted octanol–water partition coefficient (Wildman–Crippen LogP) is 2.02. The number of aromatic nitrogens is 5. The van der Waals surface area contributed by atoms with E-state index >= 15 is 0 Å². The number of primary sulfonamides is 1. The van der Waals surface area contributed by atoms with E-state index in [1.807, 2.05) is 11.8 Å². The molecule has 2 atom stereocenters. The molecule has 0 saturated carbocycles. The smallest absolute Gasteiger partial charge is 0.282 e. The van der Waals surface area contributed by atoms with Crippen molar-refractivity contribution in [3.05, 3.63) is 36.4 Å². The topological polar surface area (TPSA) is 119 Å². The molecule has 1 aliphatic rings. The van der Waals surface area contributed by atoms with E-state index in [0.717, 1.165) is 12.8 Å². The van der Waals surface area contributed by atoms with Gasteiger partial charge in [-0.15, -0.1) is 0 Å². The Kier molecular flexibility index (Phi) is 5.36. The van der Waals surface area contributed by atoms with Gasteiger partial charge in [0, 0.05) is 18.7 Å². The van der Waals surface area contributed by atoms with Gasteiger partial charge in [-0.3, -0.25) is 0 Å². The highest BCUT2D eigenvalue weighted by atomic mass is 32.2. The van der Waals surface area contributed by atoms with Gasteiger partial charge >= 0.3 is 0 Å². The van der Waals surface area contributed by atoms with Gasteiger partial charge in [0.2, 0.25) is 10.0 Å². The number of nitrogens with zero attached hydrogens (tertiary/aromatic N) is 6. The number of alkyl halides is 2. The number of hydrogen-bond acceptors (Lipinski definition) is 7. The minimum Gasteiger partial charge on any atom is -0.353 e. The lowest BCUT2D eigenvalue weighted by molar-refractivity contribution is 0.144. The molecule has 2 unspecified atom stereocenters. The molecule has 12 heteroatoms. The first-order chi connectivity index (χ1) is 14.2. The Balaban J connectivity index is 1.68. The molecule has 9 nitrogen and oxygen atoms in total. The zero-order valence-corrected chi connectivity index (χ0v) is 17.0. The largest absolute Gasteiger partial charge is 0.353 e. The van der Waals surface area contributed by atoms with Gasteiger partial charge in [0.15, 0.2) is 5.65 Å². The Labute approximate surface area is 172 Å². The van der Waals surface area contributed by atoms with Crippen LogP contribution in [0.2, 0.25) is 0 Å². The van der Waals surface area contributed by atoms with Crippen LogP contribution in [0.15, 0.2) is 30.7 Å². The van der Waals surface area contributed by atoms with Crippen molar-refractivity contribution in [1.82, 2.24) is 24.6 Å². The maximum atomic E-state index is 13.1. The molecule has 3 aromatic rings. The summed E-state index contributed by atoms with van der Waals surface area (Å²) in [6, 6.07) is 4.36. The molecule has 0 aromatic carbocycles. The molecule has 4 heterocycles. The van der Waals surface area contributed by atoms with Crippen LogP contribution in [0.3, 0.4) is 0 Å². The minimum atomic E-state index is -3.58. The van der Waals surface area contributed by atoms with Crippen LogP contribution in [0.25, 0.3) is 17.0 Å². The summed E-state index contributed by atoms with van der Waals surface area (Å²) < 4.78 is 50.6. The van der Waals surface area contributed by atoms with E-state index in [9.17, 15) is 17.2 Å². The minimum absolute atomic E-state index is 0.0871. The average molecular weight is 437 g/mol. The third kappa shape index (κ3) is 4.10. The Morgan fingerprint density at radius 1 is 1.27 bits per heavy atom. The van der Waals surface area contributed by atoms with Gasteiger partial charge in [0.25, 0.3) is 6.43 Å². The molecule has 1 saturated heterocycles. The number of imidazole rings is 1. The maximum Gasteiger partial charge on any atom is 0.282 e. The fourth-order valence-electron chi connectivity index (χ4n) is 3.89. The van der Waals surface area contributed by atoms with Crippen molar-refractivity contribution in [3.63, 3.8) is 0 Å². The lowest BCUT2D eigenvalue weighted by Crippen LogP contribution is -2.46. The van der Waals surface area contributed by atoms with Crippen molar-refractivity contribution in [2.75, 3.05) is 17.2 Å². The van der Waals surface area contributed by atoms with Gasteiger partial charge < -0.3 is 4.90 Å². The molecule has 0 aliphatic carbocycles. The molecule has 160 valence electrons. The summed E-state index contributed by atoms with van der Waals surface area (Å²) in [6.45, 7) is 2.65. The van der Waals surface area contributed by atoms with Gasteiger partial charge in [0.05, 0.1) is 17.6 Å². The first-order valence-electron chi connectivity index (χ1n) is 9.45. The molecule has 0 radical (unpaired) electrons. The monoisotopic (exact) mass is 437 g/mol. The fourth-order valence-corrected chi connectivity index (χ4v) is 4.93. The van der Waals surface area contributed by atoms with E-state index in [1.165, 1.54) is 29.2 Å².